The van der Waals surface area contributed by atoms with Crippen molar-refractivity contribution in [3.05, 3.63) is 0 Å². The molecule has 0 spiro atoms. The minimum Gasteiger partial charge on any atom is -1.00 e. The molecule has 0 saturated heterocycles. The molecule has 4 atom stereocenters. The van der Waals surface area contributed by atoms with Crippen LogP contribution in [0.15, 0.2) is 0 Å². The fourth-order valence-electron chi connectivity index (χ4n) is 2.86. The van der Waals surface area contributed by atoms with E-state index < -0.39 is 26.1 Å². The highest BCUT2D eigenvalue weighted by atomic mass is 79.9. The first-order chi connectivity index (χ1) is 16.9. The lowest BCUT2D eigenvalue weighted by molar-refractivity contribution is -0.121. The van der Waals surface area contributed by atoms with Crippen molar-refractivity contribution >= 4 is 69.5 Å². The van der Waals surface area contributed by atoms with Crippen molar-refractivity contribution in [1.29, 1.82) is 0 Å². The van der Waals surface area contributed by atoms with Crippen LogP contribution in [0.25, 0.3) is 0 Å². The van der Waals surface area contributed by atoms with E-state index in [1.165, 1.54) is 18.4 Å². The summed E-state index contributed by atoms with van der Waals surface area (Å²) >= 11 is 3.44. The number of hydrogen-bond donors (Lipinski definition) is 3. The largest absolute Gasteiger partial charge is 1.00 e. The van der Waals surface area contributed by atoms with Gasteiger partial charge in [0.2, 0.25) is 0 Å². The molecule has 38 heavy (non-hydrogen) atoms. The summed E-state index contributed by atoms with van der Waals surface area (Å²) in [6, 6.07) is 0. The number of hydrogen-bond acceptors (Lipinski definition) is 7. The van der Waals surface area contributed by atoms with Crippen LogP contribution < -0.4 is 17.7 Å². The van der Waals surface area contributed by atoms with Gasteiger partial charge in [-0.15, -0.1) is 0 Å². The number of alkyl halides is 1. The number of ketones is 2. The van der Waals surface area contributed by atoms with E-state index in [0.29, 0.717) is 29.1 Å². The van der Waals surface area contributed by atoms with E-state index in [1.807, 2.05) is 6.92 Å². The van der Waals surface area contributed by atoms with Crippen LogP contribution in [0.3, 0.4) is 0 Å². The molecular formula is C23H50BrClNO8S4+. The fraction of sp³-hybridized carbons (Fsp3) is 0.913. The van der Waals surface area contributed by atoms with Crippen LogP contribution in [-0.2, 0) is 51.6 Å². The Kier molecular flexibility index (Phi) is 31.8. The maximum absolute atomic E-state index is 11.3. The average Bonchev–Trinajstić information content (AvgIpc) is 2.77. The Morgan fingerprint density at radius 2 is 1.16 bits per heavy atom. The van der Waals surface area contributed by atoms with E-state index in [0.717, 1.165) is 42.5 Å². The van der Waals surface area contributed by atoms with E-state index in [1.54, 1.807) is 13.8 Å². The first-order valence-electron chi connectivity index (χ1n) is 12.3. The van der Waals surface area contributed by atoms with Crippen LogP contribution >= 0.6 is 15.9 Å². The van der Waals surface area contributed by atoms with E-state index in [-0.39, 0.29) is 40.8 Å². The monoisotopic (exact) mass is 710 g/mol. The van der Waals surface area contributed by atoms with Gasteiger partial charge in [-0.2, -0.15) is 16.8 Å². The van der Waals surface area contributed by atoms with Gasteiger partial charge in [0.1, 0.15) is 40.5 Å². The predicted octanol–water partition coefficient (Wildman–Crippen LogP) is 0.208. The van der Waals surface area contributed by atoms with Gasteiger partial charge < -0.3 is 12.4 Å². The predicted molar refractivity (Wildman–Crippen MR) is 165 cm³/mol. The molecule has 9 nitrogen and oxygen atoms in total. The van der Waals surface area contributed by atoms with Crippen molar-refractivity contribution in [2.75, 3.05) is 59.0 Å². The Morgan fingerprint density at radius 3 is 1.42 bits per heavy atom. The zero-order chi connectivity index (χ0) is 29.7. The number of halogens is 2. The number of carbonyl (C=O) groups excluding carboxylic acids is 2. The van der Waals surface area contributed by atoms with Gasteiger partial charge in [0, 0.05) is 36.6 Å². The topological polar surface area (TPSA) is 155 Å². The molecule has 0 aliphatic carbocycles. The van der Waals surface area contributed by atoms with Crippen LogP contribution in [0.4, 0.5) is 0 Å². The third kappa shape index (κ3) is 34.6. The SMILES string of the molecule is CCS(=O)(=O)O.CC[C@@H](CC[S+](C)CCBr)C(C)=O.CC[C@@H](CC[S+](C)CCNCS(=O)(=O)O)C(C)=O.[Cl-]. The molecule has 3 N–H and O–H groups in total. The van der Waals surface area contributed by atoms with Crippen LogP contribution in [0.1, 0.15) is 60.3 Å². The summed E-state index contributed by atoms with van der Waals surface area (Å²) in [7, 11) is -6.91. The lowest BCUT2D eigenvalue weighted by Gasteiger charge is -2.10. The number of nitrogens with one attached hydrogen (secondary N) is 1. The van der Waals surface area contributed by atoms with E-state index in [4.69, 9.17) is 9.11 Å². The van der Waals surface area contributed by atoms with Crippen molar-refractivity contribution in [3.8, 4) is 0 Å². The summed E-state index contributed by atoms with van der Waals surface area (Å²) in [6.45, 7) is 9.41. The van der Waals surface area contributed by atoms with Crippen molar-refractivity contribution in [3.63, 3.8) is 0 Å². The maximum Gasteiger partial charge on any atom is 0.278 e. The Bertz CT molecular complexity index is 816. The molecule has 0 bridgehead atoms. The summed E-state index contributed by atoms with van der Waals surface area (Å²) in [4.78, 5) is 22.4. The molecule has 0 amide bonds. The molecule has 0 rings (SSSR count). The molecule has 0 fully saturated rings. The van der Waals surface area contributed by atoms with Gasteiger partial charge in [-0.1, -0.05) is 29.8 Å². The molecule has 0 aromatic carbocycles. The Labute approximate surface area is 252 Å². The summed E-state index contributed by atoms with van der Waals surface area (Å²) in [5, 5.41) is 3.77. The summed E-state index contributed by atoms with van der Waals surface area (Å²) in [5.74, 6) is 4.80. The molecule has 0 radical (unpaired) electrons. The number of rotatable bonds is 18. The fourth-order valence-corrected chi connectivity index (χ4v) is 7.46. The van der Waals surface area contributed by atoms with Crippen molar-refractivity contribution in [1.82, 2.24) is 5.32 Å². The highest BCUT2D eigenvalue weighted by Gasteiger charge is 2.18. The molecule has 15 heteroatoms. The van der Waals surface area contributed by atoms with Crippen molar-refractivity contribution in [2.24, 2.45) is 11.8 Å². The molecule has 0 aromatic rings. The summed E-state index contributed by atoms with van der Waals surface area (Å²) in [6.07, 6.45) is 8.27. The van der Waals surface area contributed by atoms with E-state index >= 15 is 0 Å². The third-order valence-corrected chi connectivity index (χ3v) is 11.4. The second-order valence-electron chi connectivity index (χ2n) is 8.67. The van der Waals surface area contributed by atoms with E-state index in [2.05, 4.69) is 40.7 Å². The molecule has 0 aliphatic heterocycles. The van der Waals surface area contributed by atoms with Gasteiger partial charge in [-0.25, -0.2) is 0 Å². The molecule has 232 valence electrons. The molecular weight excluding hydrogens is 662 g/mol. The normalized spacial score (nSPS) is 14.4. The number of Topliss-reactive ketones (excluding diaryl/α,β-unsaturated/α-hetero) is 2. The van der Waals surface area contributed by atoms with Crippen LogP contribution in [-0.4, -0.2) is 96.5 Å². The Balaban J connectivity index is -0.000000253. The Hall–Kier alpha value is 0.590. The van der Waals surface area contributed by atoms with Gasteiger partial charge in [0.25, 0.3) is 20.2 Å². The standard InChI is InChI=1S/C11H23NO4S2.C10H20BrOS.C2H6O3S.ClH/c1-4-11(10(2)13)5-7-17(3)8-6-12-9-18(14,15)16;1-4-10(9(2)12)5-7-13(3)8-6-11;1-2-6(3,4)5;/h11-12H,4-9H2,1-3H3;10H,4-8H2,1-3H3;2H2,1H3,(H,3,4,5);1H/q;+1;;/t11-,17?;10-,13?;;/m00../s1. The molecule has 0 aromatic heterocycles. The van der Waals surface area contributed by atoms with Gasteiger partial charge in [-0.05, 0) is 55.4 Å². The van der Waals surface area contributed by atoms with Crippen LogP contribution in [0.2, 0.25) is 0 Å². The van der Waals surface area contributed by atoms with Crippen molar-refractivity contribution < 1.29 is 47.9 Å². The number of carbonyl (C=O) groups is 2. The molecule has 2 unspecified atom stereocenters. The lowest BCUT2D eigenvalue weighted by Crippen LogP contribution is -3.00. The first kappa shape index (κ1) is 45.6. The van der Waals surface area contributed by atoms with E-state index in [9.17, 15) is 26.4 Å². The molecule has 0 heterocycles. The highest BCUT2D eigenvalue weighted by molar-refractivity contribution is 9.09. The van der Waals surface area contributed by atoms with Gasteiger partial charge in [-0.3, -0.25) is 24.0 Å². The van der Waals surface area contributed by atoms with Crippen LogP contribution in [0, 0.1) is 11.8 Å². The Morgan fingerprint density at radius 1 is 0.789 bits per heavy atom. The van der Waals surface area contributed by atoms with Gasteiger partial charge in [0.05, 0.1) is 18.3 Å². The summed E-state index contributed by atoms with van der Waals surface area (Å²) < 4.78 is 56.4. The minimum absolute atomic E-state index is 0. The van der Waals surface area contributed by atoms with Gasteiger partial charge in [0.15, 0.2) is 0 Å². The lowest BCUT2D eigenvalue weighted by atomic mass is 10.00. The summed E-state index contributed by atoms with van der Waals surface area (Å²) in [5.41, 5.74) is 0. The molecule has 0 aliphatic rings. The second kappa shape index (κ2) is 26.5. The third-order valence-electron chi connectivity index (χ3n) is 5.47. The zero-order valence-corrected chi connectivity index (χ0v) is 29.5. The second-order valence-corrected chi connectivity index (χ2v) is 17.4. The maximum atomic E-state index is 11.3. The quantitative estimate of drug-likeness (QED) is 0.0784. The van der Waals surface area contributed by atoms with Gasteiger partial charge >= 0.3 is 0 Å². The van der Waals surface area contributed by atoms with Crippen LogP contribution in [0.5, 0.6) is 0 Å². The average molecular weight is 712 g/mol. The smallest absolute Gasteiger partial charge is 0.278 e. The van der Waals surface area contributed by atoms with Crippen molar-refractivity contribution in [2.45, 2.75) is 60.3 Å². The minimum atomic E-state index is -3.92. The molecule has 0 saturated carbocycles. The highest BCUT2D eigenvalue weighted by Crippen LogP contribution is 2.12. The first-order valence-corrected chi connectivity index (χ1v) is 20.6. The zero-order valence-electron chi connectivity index (χ0n) is 23.9.